The highest BCUT2D eigenvalue weighted by Crippen LogP contribution is 2.65. The number of carbonyl (C=O) groups is 2. The van der Waals surface area contributed by atoms with Gasteiger partial charge in [0, 0.05) is 17.6 Å². The van der Waals surface area contributed by atoms with Crippen LogP contribution >= 0.6 is 0 Å². The number of nitrogens with one attached hydrogen (secondary N) is 1. The smallest absolute Gasteiger partial charge is 0.272 e. The molecule has 0 radical (unpaired) electrons. The highest BCUT2D eigenvalue weighted by Gasteiger charge is 2.65. The van der Waals surface area contributed by atoms with Crippen molar-refractivity contribution < 1.29 is 9.59 Å². The Kier molecular flexibility index (Phi) is 4.56. The van der Waals surface area contributed by atoms with Gasteiger partial charge >= 0.3 is 0 Å². The predicted molar refractivity (Wildman–Crippen MR) is 141 cm³/mol. The first-order chi connectivity index (χ1) is 17.2. The minimum absolute atomic E-state index is 0.0228. The van der Waals surface area contributed by atoms with Crippen LogP contribution < -0.4 is 5.32 Å². The van der Waals surface area contributed by atoms with Gasteiger partial charge in [0.25, 0.3) is 5.91 Å². The van der Waals surface area contributed by atoms with Crippen molar-refractivity contribution in [1.82, 2.24) is 9.80 Å². The number of allylic oxidation sites excluding steroid dienone is 1. The van der Waals surface area contributed by atoms with Crippen LogP contribution in [0.3, 0.4) is 0 Å². The van der Waals surface area contributed by atoms with E-state index < -0.39 is 0 Å². The molecule has 5 nitrogen and oxygen atoms in total. The van der Waals surface area contributed by atoms with Gasteiger partial charge in [-0.2, -0.15) is 0 Å². The molecule has 4 heterocycles. The Morgan fingerprint density at radius 1 is 1.14 bits per heavy atom. The zero-order chi connectivity index (χ0) is 25.0. The zero-order valence-corrected chi connectivity index (χ0v) is 22.0. The standard InChI is InChI=1S/C31H39N3O2/c1-19-12-13-25-29(2,3)14-8-15-30(25,4)21(19)17-31-18-24-26(35)33-16-7-11-23(33)27(36)34(24)28(31)32-22-10-6-5-9-20(22)31/h5-6,9-11,21,24-25,28,32H,1,7-8,12-18H2,2-4H3. The number of hydrogen-bond acceptors (Lipinski definition) is 3. The second-order valence-corrected chi connectivity index (χ2v) is 13.4. The maximum absolute atomic E-state index is 13.8. The van der Waals surface area contributed by atoms with Gasteiger partial charge < -0.3 is 15.1 Å². The van der Waals surface area contributed by atoms with Gasteiger partial charge in [-0.25, -0.2) is 0 Å². The van der Waals surface area contributed by atoms with Gasteiger partial charge in [-0.05, 0) is 79.2 Å². The van der Waals surface area contributed by atoms with E-state index in [0.29, 0.717) is 35.9 Å². The molecule has 5 heteroatoms. The fourth-order valence-corrected chi connectivity index (χ4v) is 9.75. The molecule has 1 aromatic rings. The van der Waals surface area contributed by atoms with Crippen molar-refractivity contribution in [3.8, 4) is 0 Å². The molecule has 0 spiro atoms. The van der Waals surface area contributed by atoms with Gasteiger partial charge in [-0.1, -0.05) is 63.6 Å². The van der Waals surface area contributed by atoms with Gasteiger partial charge in [0.05, 0.1) is 0 Å². The zero-order valence-electron chi connectivity index (χ0n) is 22.0. The van der Waals surface area contributed by atoms with Crippen LogP contribution in [-0.2, 0) is 15.0 Å². The molecule has 4 fully saturated rings. The Labute approximate surface area is 215 Å². The molecule has 0 aromatic heterocycles. The predicted octanol–water partition coefficient (Wildman–Crippen LogP) is 5.60. The maximum Gasteiger partial charge on any atom is 0.272 e. The molecule has 190 valence electrons. The summed E-state index contributed by atoms with van der Waals surface area (Å²) in [5, 5.41) is 3.75. The lowest BCUT2D eigenvalue weighted by molar-refractivity contribution is -0.149. The van der Waals surface area contributed by atoms with Crippen molar-refractivity contribution in [2.45, 2.75) is 89.8 Å². The van der Waals surface area contributed by atoms with Gasteiger partial charge in [-0.3, -0.25) is 9.59 Å². The monoisotopic (exact) mass is 485 g/mol. The van der Waals surface area contributed by atoms with E-state index in [9.17, 15) is 9.59 Å². The van der Waals surface area contributed by atoms with E-state index in [0.717, 1.165) is 24.9 Å². The van der Waals surface area contributed by atoms with E-state index in [1.165, 1.54) is 36.8 Å². The minimum atomic E-state index is -0.387. The molecule has 7 rings (SSSR count). The average Bonchev–Trinajstić information content (AvgIpc) is 3.52. The normalized spacial score (nSPS) is 40.2. The fraction of sp³-hybridized carbons (Fsp3) is 0.613. The molecule has 4 aliphatic heterocycles. The van der Waals surface area contributed by atoms with Crippen LogP contribution in [0.5, 0.6) is 0 Å². The number of rotatable bonds is 2. The van der Waals surface area contributed by atoms with E-state index in [4.69, 9.17) is 0 Å². The Bertz CT molecular complexity index is 1220. The average molecular weight is 486 g/mol. The topological polar surface area (TPSA) is 52.7 Å². The molecule has 2 aliphatic carbocycles. The second-order valence-electron chi connectivity index (χ2n) is 13.4. The van der Waals surface area contributed by atoms with Crippen molar-refractivity contribution in [1.29, 1.82) is 0 Å². The van der Waals surface area contributed by atoms with Crippen LogP contribution in [-0.4, -0.2) is 40.4 Å². The Morgan fingerprint density at radius 3 is 2.78 bits per heavy atom. The van der Waals surface area contributed by atoms with Gasteiger partial charge in [-0.15, -0.1) is 0 Å². The molecule has 2 amide bonds. The summed E-state index contributed by atoms with van der Waals surface area (Å²) in [7, 11) is 0. The Morgan fingerprint density at radius 2 is 1.94 bits per heavy atom. The van der Waals surface area contributed by atoms with Gasteiger partial charge in [0.1, 0.15) is 17.9 Å². The quantitative estimate of drug-likeness (QED) is 0.555. The van der Waals surface area contributed by atoms with E-state index >= 15 is 0 Å². The number of amides is 2. The molecule has 2 saturated carbocycles. The third-order valence-electron chi connectivity index (χ3n) is 11.3. The highest BCUT2D eigenvalue weighted by atomic mass is 16.2. The molecule has 1 aromatic carbocycles. The number of anilines is 1. The first-order valence-corrected chi connectivity index (χ1v) is 14.1. The van der Waals surface area contributed by atoms with Gasteiger partial charge in [0.2, 0.25) is 5.91 Å². The molecular weight excluding hydrogens is 446 g/mol. The number of hydrogen-bond donors (Lipinski definition) is 1. The van der Waals surface area contributed by atoms with Crippen LogP contribution in [0, 0.1) is 22.7 Å². The van der Waals surface area contributed by atoms with E-state index in [1.807, 2.05) is 11.0 Å². The first-order valence-electron chi connectivity index (χ1n) is 14.1. The largest absolute Gasteiger partial charge is 0.364 e. The summed E-state index contributed by atoms with van der Waals surface area (Å²) < 4.78 is 0. The summed E-state index contributed by atoms with van der Waals surface area (Å²) in [6.07, 6.45) is 10.3. The number of nitrogens with zero attached hydrogens (tertiary/aromatic N) is 2. The molecule has 6 atom stereocenters. The van der Waals surface area contributed by atoms with E-state index in [2.05, 4.69) is 56.9 Å². The van der Waals surface area contributed by atoms with Crippen LogP contribution in [0.2, 0.25) is 0 Å². The Balaban J connectivity index is 1.34. The van der Waals surface area contributed by atoms with E-state index in [1.54, 1.807) is 4.90 Å². The maximum atomic E-state index is 13.8. The summed E-state index contributed by atoms with van der Waals surface area (Å²) in [5.41, 5.74) is 4.64. The lowest BCUT2D eigenvalue weighted by Crippen LogP contribution is -2.58. The van der Waals surface area contributed by atoms with Crippen LogP contribution in [0.25, 0.3) is 0 Å². The summed E-state index contributed by atoms with van der Waals surface area (Å²) in [6.45, 7) is 12.8. The number of fused-ring (bicyclic) bond motifs is 7. The van der Waals surface area contributed by atoms with Crippen LogP contribution in [0.15, 0.2) is 48.2 Å². The molecule has 6 unspecified atom stereocenters. The van der Waals surface area contributed by atoms with Gasteiger partial charge in [0.15, 0.2) is 0 Å². The second kappa shape index (κ2) is 7.26. The first kappa shape index (κ1) is 22.6. The van der Waals surface area contributed by atoms with Crippen LogP contribution in [0.1, 0.15) is 77.7 Å². The van der Waals surface area contributed by atoms with Crippen molar-refractivity contribution >= 4 is 17.5 Å². The molecule has 0 bridgehead atoms. The van der Waals surface area contributed by atoms with Crippen LogP contribution in [0.4, 0.5) is 5.69 Å². The lowest BCUT2D eigenvalue weighted by Gasteiger charge is -2.59. The van der Waals surface area contributed by atoms with Crippen molar-refractivity contribution in [2.24, 2.45) is 22.7 Å². The van der Waals surface area contributed by atoms with Crippen molar-refractivity contribution in [2.75, 3.05) is 11.9 Å². The molecule has 36 heavy (non-hydrogen) atoms. The number of benzene rings is 1. The lowest BCUT2D eigenvalue weighted by atomic mass is 9.46. The molecule has 2 saturated heterocycles. The summed E-state index contributed by atoms with van der Waals surface area (Å²) in [4.78, 5) is 31.2. The van der Waals surface area contributed by atoms with Crippen molar-refractivity contribution in [3.63, 3.8) is 0 Å². The number of carbonyl (C=O) groups excluding carboxylic acids is 2. The minimum Gasteiger partial charge on any atom is -0.364 e. The third-order valence-corrected chi connectivity index (χ3v) is 11.3. The fourth-order valence-electron chi connectivity index (χ4n) is 9.75. The third kappa shape index (κ3) is 2.72. The summed E-state index contributed by atoms with van der Waals surface area (Å²) in [6, 6.07) is 8.19. The molecule has 6 aliphatic rings. The number of para-hydroxylation sites is 1. The van der Waals surface area contributed by atoms with Crippen molar-refractivity contribution in [3.05, 3.63) is 53.8 Å². The number of piperazine rings is 1. The summed E-state index contributed by atoms with van der Waals surface area (Å²) in [5.74, 6) is 1.19. The molecule has 1 N–H and O–H groups in total. The summed E-state index contributed by atoms with van der Waals surface area (Å²) >= 11 is 0. The van der Waals surface area contributed by atoms with E-state index in [-0.39, 0.29) is 34.9 Å². The SMILES string of the molecule is C=C1CCC2C(C)(C)CCCC2(C)C1CC12CC3C(=O)N4CCC=C4C(=O)N3C1Nc1ccccc12. The highest BCUT2D eigenvalue weighted by molar-refractivity contribution is 6.06. The Hall–Kier alpha value is -2.56. The molecular formula is C31H39N3O2.